The van der Waals surface area contributed by atoms with E-state index in [1.807, 2.05) is 25.3 Å². The standard InChI is InChI=1S/C12H14N4O/c1-13-12-6-11(15-8-16-12)9-3-4-14-7-10(5-9)17-2/h3,5-8H,4H2,1-2H3,(H,13,15,16). The van der Waals surface area contributed by atoms with Crippen molar-refractivity contribution in [1.82, 2.24) is 9.97 Å². The molecule has 0 saturated heterocycles. The summed E-state index contributed by atoms with van der Waals surface area (Å²) in [7, 11) is 3.45. The number of rotatable bonds is 3. The lowest BCUT2D eigenvalue weighted by molar-refractivity contribution is 0.317. The molecule has 1 aromatic heterocycles. The van der Waals surface area contributed by atoms with E-state index < -0.39 is 0 Å². The summed E-state index contributed by atoms with van der Waals surface area (Å²) in [4.78, 5) is 12.5. The van der Waals surface area contributed by atoms with Gasteiger partial charge in [0.1, 0.15) is 17.9 Å². The highest BCUT2D eigenvalue weighted by Crippen LogP contribution is 2.18. The van der Waals surface area contributed by atoms with Gasteiger partial charge in [-0.1, -0.05) is 6.08 Å². The molecule has 5 heteroatoms. The lowest BCUT2D eigenvalue weighted by Crippen LogP contribution is -1.96. The number of methoxy groups -OCH3 is 1. The topological polar surface area (TPSA) is 59.4 Å². The van der Waals surface area contributed by atoms with Gasteiger partial charge in [-0.2, -0.15) is 0 Å². The van der Waals surface area contributed by atoms with Gasteiger partial charge in [0.15, 0.2) is 0 Å². The van der Waals surface area contributed by atoms with E-state index in [-0.39, 0.29) is 0 Å². The molecule has 1 N–H and O–H groups in total. The number of hydrogen-bond donors (Lipinski definition) is 1. The number of aromatic nitrogens is 2. The second kappa shape index (κ2) is 5.25. The quantitative estimate of drug-likeness (QED) is 0.855. The summed E-state index contributed by atoms with van der Waals surface area (Å²) in [5.74, 6) is 1.51. The highest BCUT2D eigenvalue weighted by molar-refractivity contribution is 5.85. The minimum Gasteiger partial charge on any atom is -0.495 e. The fourth-order valence-electron chi connectivity index (χ4n) is 1.49. The minimum atomic E-state index is 0.623. The van der Waals surface area contributed by atoms with Crippen LogP contribution in [0.2, 0.25) is 0 Å². The van der Waals surface area contributed by atoms with E-state index in [2.05, 4.69) is 20.3 Å². The van der Waals surface area contributed by atoms with E-state index in [0.717, 1.165) is 22.8 Å². The van der Waals surface area contributed by atoms with Gasteiger partial charge < -0.3 is 10.1 Å². The van der Waals surface area contributed by atoms with Crippen molar-refractivity contribution in [1.29, 1.82) is 0 Å². The molecule has 0 saturated carbocycles. The van der Waals surface area contributed by atoms with Crippen molar-refractivity contribution >= 4 is 17.6 Å². The fraction of sp³-hybridized carbons (Fsp3) is 0.250. The van der Waals surface area contributed by atoms with Gasteiger partial charge in [-0.15, -0.1) is 0 Å². The van der Waals surface area contributed by atoms with E-state index >= 15 is 0 Å². The van der Waals surface area contributed by atoms with Gasteiger partial charge in [-0.05, 0) is 6.08 Å². The molecule has 0 spiro atoms. The second-order valence-electron chi connectivity index (χ2n) is 3.44. The fourth-order valence-corrected chi connectivity index (χ4v) is 1.49. The van der Waals surface area contributed by atoms with Crippen LogP contribution in [0.4, 0.5) is 5.82 Å². The van der Waals surface area contributed by atoms with Gasteiger partial charge in [-0.3, -0.25) is 4.99 Å². The van der Waals surface area contributed by atoms with Crippen LogP contribution in [-0.4, -0.2) is 36.9 Å². The molecule has 88 valence electrons. The molecule has 0 radical (unpaired) electrons. The first kappa shape index (κ1) is 11.3. The van der Waals surface area contributed by atoms with Crippen LogP contribution in [-0.2, 0) is 4.74 Å². The van der Waals surface area contributed by atoms with Crippen molar-refractivity contribution in [3.05, 3.63) is 36.0 Å². The first-order valence-corrected chi connectivity index (χ1v) is 5.29. The van der Waals surface area contributed by atoms with E-state index in [1.165, 1.54) is 6.33 Å². The number of nitrogens with one attached hydrogen (secondary N) is 1. The summed E-state index contributed by atoms with van der Waals surface area (Å²) < 4.78 is 5.19. The second-order valence-corrected chi connectivity index (χ2v) is 3.44. The molecule has 2 heterocycles. The summed E-state index contributed by atoms with van der Waals surface area (Å²) in [6.07, 6.45) is 7.17. The van der Waals surface area contributed by atoms with E-state index in [0.29, 0.717) is 6.54 Å². The molecule has 0 amide bonds. The maximum absolute atomic E-state index is 5.19. The van der Waals surface area contributed by atoms with Gasteiger partial charge in [0.2, 0.25) is 0 Å². The minimum absolute atomic E-state index is 0.623. The predicted octanol–water partition coefficient (Wildman–Crippen LogP) is 1.52. The van der Waals surface area contributed by atoms with E-state index in [9.17, 15) is 0 Å². The van der Waals surface area contributed by atoms with Gasteiger partial charge in [0.05, 0.1) is 25.6 Å². The molecule has 0 aromatic carbocycles. The summed E-state index contributed by atoms with van der Waals surface area (Å²) >= 11 is 0. The molecule has 0 unspecified atom stereocenters. The van der Waals surface area contributed by atoms with Crippen LogP contribution in [0.1, 0.15) is 5.69 Å². The Hall–Kier alpha value is -2.17. The third-order valence-electron chi connectivity index (χ3n) is 2.39. The Morgan fingerprint density at radius 1 is 1.35 bits per heavy atom. The average molecular weight is 230 g/mol. The Labute approximate surface area is 100.0 Å². The summed E-state index contributed by atoms with van der Waals surface area (Å²) in [5, 5.41) is 2.99. The lowest BCUT2D eigenvalue weighted by atomic mass is 10.1. The number of ether oxygens (including phenoxy) is 1. The number of nitrogens with zero attached hydrogens (tertiary/aromatic N) is 3. The zero-order valence-corrected chi connectivity index (χ0v) is 9.84. The first-order valence-electron chi connectivity index (χ1n) is 5.29. The van der Waals surface area contributed by atoms with Crippen LogP contribution >= 0.6 is 0 Å². The van der Waals surface area contributed by atoms with Crippen molar-refractivity contribution in [2.45, 2.75) is 0 Å². The Morgan fingerprint density at radius 3 is 3.00 bits per heavy atom. The molecule has 1 aliphatic heterocycles. The Kier molecular flexibility index (Phi) is 3.49. The third kappa shape index (κ3) is 2.69. The molecule has 1 aliphatic rings. The molecule has 5 nitrogen and oxygen atoms in total. The number of anilines is 1. The van der Waals surface area contributed by atoms with Crippen LogP contribution in [0.25, 0.3) is 5.57 Å². The van der Waals surface area contributed by atoms with Crippen molar-refractivity contribution in [2.24, 2.45) is 4.99 Å². The van der Waals surface area contributed by atoms with Gasteiger partial charge in [-0.25, -0.2) is 9.97 Å². The number of allylic oxidation sites excluding steroid dienone is 3. The lowest BCUT2D eigenvalue weighted by Gasteiger charge is -2.04. The zero-order chi connectivity index (χ0) is 12.1. The van der Waals surface area contributed by atoms with Crippen LogP contribution in [0, 0.1) is 0 Å². The van der Waals surface area contributed by atoms with Crippen LogP contribution < -0.4 is 5.32 Å². The van der Waals surface area contributed by atoms with Gasteiger partial charge in [0.25, 0.3) is 0 Å². The largest absolute Gasteiger partial charge is 0.495 e. The Balaban J connectivity index is 2.35. The van der Waals surface area contributed by atoms with Crippen LogP contribution in [0.3, 0.4) is 0 Å². The normalized spacial score (nSPS) is 14.7. The first-order chi connectivity index (χ1) is 8.33. The van der Waals surface area contributed by atoms with Gasteiger partial charge >= 0.3 is 0 Å². The molecule has 2 rings (SSSR count). The Bertz CT molecular complexity index is 491. The summed E-state index contributed by atoms with van der Waals surface area (Å²) in [6.45, 7) is 0.623. The molecule has 1 aromatic rings. The monoisotopic (exact) mass is 230 g/mol. The Morgan fingerprint density at radius 2 is 2.24 bits per heavy atom. The van der Waals surface area contributed by atoms with Crippen molar-refractivity contribution in [3.8, 4) is 0 Å². The molecule has 0 fully saturated rings. The smallest absolute Gasteiger partial charge is 0.137 e. The third-order valence-corrected chi connectivity index (χ3v) is 2.39. The molecule has 17 heavy (non-hydrogen) atoms. The van der Waals surface area contributed by atoms with Crippen LogP contribution in [0.15, 0.2) is 35.3 Å². The molecule has 0 bridgehead atoms. The highest BCUT2D eigenvalue weighted by atomic mass is 16.5. The molecular weight excluding hydrogens is 216 g/mol. The predicted molar refractivity (Wildman–Crippen MR) is 68.0 cm³/mol. The van der Waals surface area contributed by atoms with Crippen molar-refractivity contribution < 1.29 is 4.74 Å². The summed E-state index contributed by atoms with van der Waals surface area (Å²) in [6, 6.07) is 1.89. The molecule has 0 aliphatic carbocycles. The van der Waals surface area contributed by atoms with Crippen molar-refractivity contribution in [2.75, 3.05) is 26.0 Å². The molecular formula is C12H14N4O. The SMILES string of the molecule is CNc1cc(C2=CCN=CC(OC)=C2)ncn1. The van der Waals surface area contributed by atoms with Gasteiger partial charge in [0, 0.05) is 18.7 Å². The number of hydrogen-bond acceptors (Lipinski definition) is 5. The maximum atomic E-state index is 5.19. The van der Waals surface area contributed by atoms with E-state index in [4.69, 9.17) is 4.74 Å². The van der Waals surface area contributed by atoms with E-state index in [1.54, 1.807) is 13.3 Å². The number of aliphatic imine (C=N–C) groups is 1. The maximum Gasteiger partial charge on any atom is 0.137 e. The van der Waals surface area contributed by atoms with Crippen molar-refractivity contribution in [3.63, 3.8) is 0 Å². The zero-order valence-electron chi connectivity index (χ0n) is 9.84. The molecule has 0 atom stereocenters. The summed E-state index contributed by atoms with van der Waals surface area (Å²) in [5.41, 5.74) is 1.84. The average Bonchev–Trinajstić information content (AvgIpc) is 2.64. The highest BCUT2D eigenvalue weighted by Gasteiger charge is 2.06. The van der Waals surface area contributed by atoms with Crippen LogP contribution in [0.5, 0.6) is 0 Å².